The van der Waals surface area contributed by atoms with Crippen molar-refractivity contribution in [2.24, 2.45) is 0 Å². The van der Waals surface area contributed by atoms with Crippen LogP contribution in [0.15, 0.2) is 47.5 Å². The van der Waals surface area contributed by atoms with Crippen LogP contribution in [0.5, 0.6) is 0 Å². The molecule has 2 rings (SSSR count). The number of nitrogens with two attached hydrogens (primary N) is 1. The van der Waals surface area contributed by atoms with Gasteiger partial charge in [-0.1, -0.05) is 6.07 Å². The lowest BCUT2D eigenvalue weighted by Gasteiger charge is -2.08. The molecule has 1 aromatic heterocycles. The lowest BCUT2D eigenvalue weighted by atomic mass is 10.3. The van der Waals surface area contributed by atoms with Crippen molar-refractivity contribution in [1.29, 1.82) is 0 Å². The number of anilines is 1. The van der Waals surface area contributed by atoms with E-state index in [1.165, 1.54) is 12.3 Å². The van der Waals surface area contributed by atoms with Crippen LogP contribution in [0, 0.1) is 10.1 Å². The van der Waals surface area contributed by atoms with Crippen molar-refractivity contribution in [3.63, 3.8) is 0 Å². The second-order valence-corrected chi connectivity index (χ2v) is 5.86. The number of aromatic nitrogens is 1. The molecular weight excluding hydrogens is 296 g/mol. The van der Waals surface area contributed by atoms with Gasteiger partial charge in [-0.25, -0.2) is 13.1 Å². The molecule has 0 saturated heterocycles. The molecular formula is C12H12N4O4S. The number of nitrogens with one attached hydrogen (secondary N) is 1. The fourth-order valence-electron chi connectivity index (χ4n) is 1.62. The summed E-state index contributed by atoms with van der Waals surface area (Å²) in [6.45, 7) is -0.0364. The molecule has 0 bridgehead atoms. The highest BCUT2D eigenvalue weighted by Crippen LogP contribution is 2.23. The lowest BCUT2D eigenvalue weighted by Crippen LogP contribution is -2.24. The summed E-state index contributed by atoms with van der Waals surface area (Å²) in [5.74, 6) is 0. The second kappa shape index (κ2) is 5.85. The Kier molecular flexibility index (Phi) is 4.15. The first-order chi connectivity index (χ1) is 9.90. The van der Waals surface area contributed by atoms with E-state index in [2.05, 4.69) is 9.71 Å². The summed E-state index contributed by atoms with van der Waals surface area (Å²) in [5, 5.41) is 10.7. The average Bonchev–Trinajstić information content (AvgIpc) is 2.46. The number of nitro benzene ring substituents is 1. The highest BCUT2D eigenvalue weighted by molar-refractivity contribution is 7.89. The molecule has 0 aliphatic heterocycles. The largest absolute Gasteiger partial charge is 0.398 e. The van der Waals surface area contributed by atoms with Crippen molar-refractivity contribution in [3.8, 4) is 0 Å². The van der Waals surface area contributed by atoms with Crippen LogP contribution in [0.1, 0.15) is 5.69 Å². The van der Waals surface area contributed by atoms with E-state index < -0.39 is 14.9 Å². The van der Waals surface area contributed by atoms with Gasteiger partial charge in [0.15, 0.2) is 0 Å². The number of nitrogens with zero attached hydrogens (tertiary/aromatic N) is 2. The Morgan fingerprint density at radius 1 is 1.29 bits per heavy atom. The van der Waals surface area contributed by atoms with Gasteiger partial charge in [0.25, 0.3) is 5.69 Å². The minimum Gasteiger partial charge on any atom is -0.398 e. The molecule has 0 fully saturated rings. The quantitative estimate of drug-likeness (QED) is 0.482. The number of pyridine rings is 1. The molecule has 0 unspecified atom stereocenters. The lowest BCUT2D eigenvalue weighted by molar-refractivity contribution is -0.385. The number of hydrogen-bond donors (Lipinski definition) is 2. The third-order valence-corrected chi connectivity index (χ3v) is 4.12. The molecule has 21 heavy (non-hydrogen) atoms. The molecule has 0 amide bonds. The first kappa shape index (κ1) is 14.9. The first-order valence-corrected chi connectivity index (χ1v) is 7.32. The van der Waals surface area contributed by atoms with E-state index in [0.717, 1.165) is 12.1 Å². The van der Waals surface area contributed by atoms with E-state index in [9.17, 15) is 18.5 Å². The zero-order chi connectivity index (χ0) is 15.5. The standard InChI is InChI=1S/C12H12N4O4S/c13-11-5-4-10(16(17)18)7-12(11)21(19,20)15-8-9-3-1-2-6-14-9/h1-7,15H,8,13H2. The van der Waals surface area contributed by atoms with E-state index in [-0.39, 0.29) is 22.8 Å². The normalized spacial score (nSPS) is 11.2. The topological polar surface area (TPSA) is 128 Å². The van der Waals surface area contributed by atoms with Gasteiger partial charge in [0, 0.05) is 18.3 Å². The SMILES string of the molecule is Nc1ccc([N+](=O)[O-])cc1S(=O)(=O)NCc1ccccn1. The summed E-state index contributed by atoms with van der Waals surface area (Å²) >= 11 is 0. The summed E-state index contributed by atoms with van der Waals surface area (Å²) in [5.41, 5.74) is 5.70. The van der Waals surface area contributed by atoms with Gasteiger partial charge in [-0.3, -0.25) is 15.1 Å². The maximum Gasteiger partial charge on any atom is 0.270 e. The van der Waals surface area contributed by atoms with Crippen LogP contribution in [0.2, 0.25) is 0 Å². The molecule has 9 heteroatoms. The molecule has 0 aliphatic carbocycles. The molecule has 0 radical (unpaired) electrons. The maximum atomic E-state index is 12.2. The third-order valence-electron chi connectivity index (χ3n) is 2.67. The Hall–Kier alpha value is -2.52. The van der Waals surface area contributed by atoms with E-state index in [4.69, 9.17) is 5.73 Å². The van der Waals surface area contributed by atoms with Gasteiger partial charge in [-0.2, -0.15) is 0 Å². The van der Waals surface area contributed by atoms with Crippen LogP contribution in [-0.4, -0.2) is 18.3 Å². The zero-order valence-corrected chi connectivity index (χ0v) is 11.6. The van der Waals surface area contributed by atoms with Crippen LogP contribution < -0.4 is 10.5 Å². The second-order valence-electron chi connectivity index (χ2n) is 4.12. The minimum atomic E-state index is -3.96. The number of nitrogen functional groups attached to an aromatic ring is 1. The Bertz CT molecular complexity index is 762. The molecule has 0 spiro atoms. The Balaban J connectivity index is 2.27. The zero-order valence-electron chi connectivity index (χ0n) is 10.8. The Morgan fingerprint density at radius 3 is 2.67 bits per heavy atom. The van der Waals surface area contributed by atoms with Crippen LogP contribution in [0.4, 0.5) is 11.4 Å². The van der Waals surface area contributed by atoms with Crippen molar-refractivity contribution in [2.75, 3.05) is 5.73 Å². The third kappa shape index (κ3) is 3.52. The van der Waals surface area contributed by atoms with Gasteiger partial charge in [0.1, 0.15) is 4.90 Å². The fraction of sp³-hybridized carbons (Fsp3) is 0.0833. The number of nitro groups is 1. The highest BCUT2D eigenvalue weighted by atomic mass is 32.2. The Morgan fingerprint density at radius 2 is 2.05 bits per heavy atom. The molecule has 0 saturated carbocycles. The van der Waals surface area contributed by atoms with Crippen LogP contribution in [-0.2, 0) is 16.6 Å². The summed E-state index contributed by atoms with van der Waals surface area (Å²) in [4.78, 5) is 13.7. The summed E-state index contributed by atoms with van der Waals surface area (Å²) in [6.07, 6.45) is 1.53. The van der Waals surface area contributed by atoms with Crippen molar-refractivity contribution >= 4 is 21.4 Å². The predicted molar refractivity (Wildman–Crippen MR) is 75.8 cm³/mol. The average molecular weight is 308 g/mol. The molecule has 8 nitrogen and oxygen atoms in total. The van der Waals surface area contributed by atoms with Gasteiger partial charge >= 0.3 is 0 Å². The van der Waals surface area contributed by atoms with E-state index in [1.807, 2.05) is 0 Å². The number of rotatable bonds is 5. The number of non-ortho nitro benzene ring substituents is 1. The molecule has 1 aromatic carbocycles. The van der Waals surface area contributed by atoms with Gasteiger partial charge in [-0.05, 0) is 18.2 Å². The molecule has 0 aliphatic rings. The first-order valence-electron chi connectivity index (χ1n) is 5.83. The van der Waals surface area contributed by atoms with Gasteiger partial charge in [0.05, 0.1) is 22.8 Å². The van der Waals surface area contributed by atoms with E-state index in [0.29, 0.717) is 5.69 Å². The fourth-order valence-corrected chi connectivity index (χ4v) is 2.77. The molecule has 0 atom stereocenters. The predicted octanol–water partition coefficient (Wildman–Crippen LogP) is 1.05. The van der Waals surface area contributed by atoms with Gasteiger partial charge < -0.3 is 5.73 Å². The van der Waals surface area contributed by atoms with Crippen molar-refractivity contribution in [3.05, 3.63) is 58.4 Å². The van der Waals surface area contributed by atoms with Gasteiger partial charge in [0.2, 0.25) is 10.0 Å². The molecule has 110 valence electrons. The van der Waals surface area contributed by atoms with Crippen molar-refractivity contribution in [2.45, 2.75) is 11.4 Å². The summed E-state index contributed by atoms with van der Waals surface area (Å²) < 4.78 is 26.6. The maximum absolute atomic E-state index is 12.2. The molecule has 2 aromatic rings. The summed E-state index contributed by atoms with van der Waals surface area (Å²) in [7, 11) is -3.96. The van der Waals surface area contributed by atoms with Crippen LogP contribution in [0.3, 0.4) is 0 Å². The van der Waals surface area contributed by atoms with Crippen LogP contribution >= 0.6 is 0 Å². The monoisotopic (exact) mass is 308 g/mol. The van der Waals surface area contributed by atoms with E-state index in [1.54, 1.807) is 18.2 Å². The summed E-state index contributed by atoms with van der Waals surface area (Å²) in [6, 6.07) is 8.34. The van der Waals surface area contributed by atoms with Crippen LogP contribution in [0.25, 0.3) is 0 Å². The number of sulfonamides is 1. The molecule has 3 N–H and O–H groups in total. The van der Waals surface area contributed by atoms with Crippen molar-refractivity contribution < 1.29 is 13.3 Å². The van der Waals surface area contributed by atoms with E-state index >= 15 is 0 Å². The molecule has 1 heterocycles. The van der Waals surface area contributed by atoms with Gasteiger partial charge in [-0.15, -0.1) is 0 Å². The number of hydrogen-bond acceptors (Lipinski definition) is 6. The number of benzene rings is 1. The smallest absolute Gasteiger partial charge is 0.270 e. The Labute approximate surface area is 120 Å². The highest BCUT2D eigenvalue weighted by Gasteiger charge is 2.21. The minimum absolute atomic E-state index is 0.0364. The van der Waals surface area contributed by atoms with Crippen molar-refractivity contribution in [1.82, 2.24) is 9.71 Å².